The van der Waals surface area contributed by atoms with Gasteiger partial charge in [-0.25, -0.2) is 0 Å². The summed E-state index contributed by atoms with van der Waals surface area (Å²) in [5.74, 6) is -0.292. The van der Waals surface area contributed by atoms with Crippen molar-refractivity contribution in [1.29, 1.82) is 0 Å². The molecule has 0 atom stereocenters. The zero-order chi connectivity index (χ0) is 22.1. The number of hydrogen-bond donors (Lipinski definition) is 2. The average Bonchev–Trinajstić information content (AvgIpc) is 3.03. The number of thioether (sulfide) groups is 1. The van der Waals surface area contributed by atoms with Crippen LogP contribution in [0.25, 0.3) is 11.4 Å². The van der Waals surface area contributed by atoms with Crippen LogP contribution in [0.1, 0.15) is 5.56 Å². The van der Waals surface area contributed by atoms with Crippen molar-refractivity contribution in [2.45, 2.75) is 11.3 Å². The summed E-state index contributed by atoms with van der Waals surface area (Å²) in [5, 5.41) is 20.8. The molecule has 6 nitrogen and oxygen atoms in total. The molecule has 2 aromatic carbocycles. The molecule has 30 heavy (non-hydrogen) atoms. The number of amides is 1. The van der Waals surface area contributed by atoms with Gasteiger partial charge in [-0.2, -0.15) is 13.2 Å². The van der Waals surface area contributed by atoms with E-state index in [4.69, 9.17) is 11.6 Å². The van der Waals surface area contributed by atoms with E-state index >= 15 is 0 Å². The van der Waals surface area contributed by atoms with Crippen molar-refractivity contribution in [3.63, 3.8) is 0 Å². The Hall–Kier alpha value is -2.24. The Kier molecular flexibility index (Phi) is 6.63. The molecular formula is C18H13BrClF3N4O2S. The molecule has 1 aromatic heterocycles. The van der Waals surface area contributed by atoms with Crippen LogP contribution < -0.4 is 5.32 Å². The van der Waals surface area contributed by atoms with Crippen molar-refractivity contribution in [2.24, 2.45) is 7.05 Å². The number of carbonyl (C=O) groups is 1. The third-order valence-corrected chi connectivity index (χ3v) is 5.78. The number of phenols is 1. The van der Waals surface area contributed by atoms with E-state index in [0.717, 1.165) is 34.4 Å². The quantitative estimate of drug-likeness (QED) is 0.442. The number of rotatable bonds is 5. The number of benzene rings is 2. The number of aromatic nitrogens is 3. The molecular weight excluding hydrogens is 509 g/mol. The Morgan fingerprint density at radius 2 is 2.00 bits per heavy atom. The minimum absolute atomic E-state index is 0.00701. The SMILES string of the molecule is Cn1c(SCC(=O)Nc2cc(C(F)(F)F)ccc2Cl)nnc1-c1cc(Br)ccc1O. The number of nitrogens with one attached hydrogen (secondary N) is 1. The van der Waals surface area contributed by atoms with E-state index in [0.29, 0.717) is 16.5 Å². The van der Waals surface area contributed by atoms with Crippen molar-refractivity contribution < 1.29 is 23.1 Å². The molecule has 3 aromatic rings. The first-order chi connectivity index (χ1) is 14.1. The molecule has 0 unspecified atom stereocenters. The van der Waals surface area contributed by atoms with Gasteiger partial charge in [0.1, 0.15) is 5.75 Å². The van der Waals surface area contributed by atoms with E-state index in [1.54, 1.807) is 23.7 Å². The molecule has 1 heterocycles. The van der Waals surface area contributed by atoms with Gasteiger partial charge in [0.2, 0.25) is 5.91 Å². The fraction of sp³-hybridized carbons (Fsp3) is 0.167. The van der Waals surface area contributed by atoms with Crippen molar-refractivity contribution in [2.75, 3.05) is 11.1 Å². The van der Waals surface area contributed by atoms with Gasteiger partial charge in [-0.15, -0.1) is 10.2 Å². The van der Waals surface area contributed by atoms with Crippen LogP contribution in [0.3, 0.4) is 0 Å². The summed E-state index contributed by atoms with van der Waals surface area (Å²) in [6.07, 6.45) is -4.55. The highest BCUT2D eigenvalue weighted by atomic mass is 79.9. The highest BCUT2D eigenvalue weighted by molar-refractivity contribution is 9.10. The molecule has 0 aliphatic heterocycles. The highest BCUT2D eigenvalue weighted by Crippen LogP contribution is 2.34. The van der Waals surface area contributed by atoms with Gasteiger partial charge in [-0.1, -0.05) is 39.3 Å². The molecule has 2 N–H and O–H groups in total. The number of carbonyl (C=O) groups excluding carboxylic acids is 1. The fourth-order valence-corrected chi connectivity index (χ4v) is 3.71. The van der Waals surface area contributed by atoms with Gasteiger partial charge in [0, 0.05) is 11.5 Å². The van der Waals surface area contributed by atoms with Crippen LogP contribution in [-0.4, -0.2) is 31.5 Å². The number of phenolic OH excluding ortho intramolecular Hbond substituents is 1. The Labute approximate surface area is 186 Å². The Balaban J connectivity index is 1.71. The van der Waals surface area contributed by atoms with E-state index in [9.17, 15) is 23.1 Å². The van der Waals surface area contributed by atoms with Crippen LogP contribution in [0.4, 0.5) is 18.9 Å². The number of anilines is 1. The lowest BCUT2D eigenvalue weighted by Gasteiger charge is -2.11. The number of nitrogens with zero attached hydrogens (tertiary/aromatic N) is 3. The summed E-state index contributed by atoms with van der Waals surface area (Å²) in [5.41, 5.74) is -0.595. The summed E-state index contributed by atoms with van der Waals surface area (Å²) in [6, 6.07) is 7.55. The Bertz CT molecular complexity index is 1110. The summed E-state index contributed by atoms with van der Waals surface area (Å²) in [7, 11) is 1.67. The second-order valence-corrected chi connectivity index (χ2v) is 8.32. The lowest BCUT2D eigenvalue weighted by Crippen LogP contribution is -2.16. The normalized spacial score (nSPS) is 11.5. The van der Waals surface area contributed by atoms with Gasteiger partial charge >= 0.3 is 6.18 Å². The summed E-state index contributed by atoms with van der Waals surface area (Å²) >= 11 is 10.2. The second kappa shape index (κ2) is 8.86. The number of alkyl halides is 3. The molecule has 0 saturated heterocycles. The fourth-order valence-electron chi connectivity index (χ4n) is 2.48. The molecule has 0 radical (unpaired) electrons. The second-order valence-electron chi connectivity index (χ2n) is 6.06. The Morgan fingerprint density at radius 1 is 1.27 bits per heavy atom. The zero-order valence-corrected chi connectivity index (χ0v) is 18.3. The summed E-state index contributed by atoms with van der Waals surface area (Å²) < 4.78 is 40.9. The third-order valence-electron chi connectivity index (χ3n) is 3.93. The summed E-state index contributed by atoms with van der Waals surface area (Å²) in [6.45, 7) is 0. The van der Waals surface area contributed by atoms with Gasteiger partial charge in [0.05, 0.1) is 27.6 Å². The van der Waals surface area contributed by atoms with Crippen LogP contribution in [0.15, 0.2) is 46.0 Å². The van der Waals surface area contributed by atoms with Crippen molar-refractivity contribution in [3.8, 4) is 17.1 Å². The van der Waals surface area contributed by atoms with Gasteiger partial charge in [0.15, 0.2) is 11.0 Å². The monoisotopic (exact) mass is 520 g/mol. The maximum absolute atomic E-state index is 12.8. The predicted octanol–water partition coefficient (Wildman–Crippen LogP) is 5.35. The lowest BCUT2D eigenvalue weighted by atomic mass is 10.2. The minimum Gasteiger partial charge on any atom is -0.507 e. The molecule has 0 spiro atoms. The Morgan fingerprint density at radius 3 is 2.70 bits per heavy atom. The molecule has 158 valence electrons. The minimum atomic E-state index is -4.55. The van der Waals surface area contributed by atoms with Gasteiger partial charge in [0.25, 0.3) is 0 Å². The molecule has 3 rings (SSSR count). The standard InChI is InChI=1S/C18H13BrClF3N4O2S/c1-27-16(11-7-10(19)3-5-14(11)28)25-26-17(27)30-8-15(29)24-13-6-9(18(21,22)23)2-4-12(13)20/h2-7,28H,8H2,1H3,(H,24,29). The van der Waals surface area contributed by atoms with E-state index in [1.165, 1.54) is 6.07 Å². The van der Waals surface area contributed by atoms with E-state index in [1.807, 2.05) is 0 Å². The van der Waals surface area contributed by atoms with Crippen molar-refractivity contribution in [1.82, 2.24) is 14.8 Å². The maximum Gasteiger partial charge on any atom is 0.416 e. The molecule has 0 aliphatic carbocycles. The molecule has 0 fully saturated rings. The number of halogens is 5. The largest absolute Gasteiger partial charge is 0.507 e. The number of hydrogen-bond acceptors (Lipinski definition) is 5. The lowest BCUT2D eigenvalue weighted by molar-refractivity contribution is -0.137. The first-order valence-corrected chi connectivity index (χ1v) is 10.4. The molecule has 12 heteroatoms. The van der Waals surface area contributed by atoms with Gasteiger partial charge < -0.3 is 15.0 Å². The average molecular weight is 522 g/mol. The molecule has 1 amide bonds. The van der Waals surface area contributed by atoms with E-state index < -0.39 is 17.6 Å². The van der Waals surface area contributed by atoms with E-state index in [2.05, 4.69) is 31.4 Å². The summed E-state index contributed by atoms with van der Waals surface area (Å²) in [4.78, 5) is 12.2. The molecule has 0 bridgehead atoms. The highest BCUT2D eigenvalue weighted by Gasteiger charge is 2.31. The van der Waals surface area contributed by atoms with Crippen LogP contribution in [0.2, 0.25) is 5.02 Å². The van der Waals surface area contributed by atoms with Gasteiger partial charge in [-0.05, 0) is 36.4 Å². The van der Waals surface area contributed by atoms with Crippen LogP contribution in [-0.2, 0) is 18.0 Å². The smallest absolute Gasteiger partial charge is 0.416 e. The number of aromatic hydroxyl groups is 1. The predicted molar refractivity (Wildman–Crippen MR) is 112 cm³/mol. The first kappa shape index (κ1) is 22.4. The maximum atomic E-state index is 12.8. The first-order valence-electron chi connectivity index (χ1n) is 8.24. The molecule has 0 saturated carbocycles. The van der Waals surface area contributed by atoms with Gasteiger partial charge in [-0.3, -0.25) is 4.79 Å². The van der Waals surface area contributed by atoms with Crippen LogP contribution >= 0.6 is 39.3 Å². The topological polar surface area (TPSA) is 80.0 Å². The third kappa shape index (κ3) is 5.08. The van der Waals surface area contributed by atoms with Crippen molar-refractivity contribution >= 4 is 50.9 Å². The molecule has 0 aliphatic rings. The van der Waals surface area contributed by atoms with Crippen molar-refractivity contribution in [3.05, 3.63) is 51.5 Å². The zero-order valence-electron chi connectivity index (χ0n) is 15.2. The van der Waals surface area contributed by atoms with Crippen LogP contribution in [0.5, 0.6) is 5.75 Å². The van der Waals surface area contributed by atoms with E-state index in [-0.39, 0.29) is 22.2 Å². The van der Waals surface area contributed by atoms with Crippen LogP contribution in [0, 0.1) is 0 Å².